The van der Waals surface area contributed by atoms with Crippen molar-refractivity contribution in [3.63, 3.8) is 0 Å². The minimum absolute atomic E-state index is 0.457. The molecule has 1 aliphatic carbocycles. The molecule has 2 rings (SSSR count). The van der Waals surface area contributed by atoms with E-state index in [1.165, 1.54) is 55.2 Å². The van der Waals surface area contributed by atoms with Gasteiger partial charge in [-0.15, -0.1) is 0 Å². The predicted octanol–water partition coefficient (Wildman–Crippen LogP) is 4.75. The number of hydrogen-bond donors (Lipinski definition) is 1. The summed E-state index contributed by atoms with van der Waals surface area (Å²) in [6, 6.07) is 9.97. The molecular weight excluding hydrogens is 324 g/mol. The number of halogens is 1. The lowest BCUT2D eigenvalue weighted by Gasteiger charge is -2.26. The molecule has 0 saturated heterocycles. The number of benzene rings is 1. The van der Waals surface area contributed by atoms with Gasteiger partial charge in [0.05, 0.1) is 0 Å². The highest BCUT2D eigenvalue weighted by Crippen LogP contribution is 2.30. The third-order valence-corrected chi connectivity index (χ3v) is 4.92. The van der Waals surface area contributed by atoms with E-state index in [1.807, 2.05) is 0 Å². The fraction of sp³-hybridized carbons (Fsp3) is 0.667. The Labute approximate surface area is 138 Å². The van der Waals surface area contributed by atoms with Gasteiger partial charge in [-0.1, -0.05) is 48.0 Å². The van der Waals surface area contributed by atoms with Gasteiger partial charge in [0, 0.05) is 23.1 Å². The van der Waals surface area contributed by atoms with E-state index >= 15 is 0 Å². The second-order valence-corrected chi connectivity index (χ2v) is 6.94. The van der Waals surface area contributed by atoms with Crippen molar-refractivity contribution in [1.82, 2.24) is 10.2 Å². The first-order valence-electron chi connectivity index (χ1n) is 8.48. The lowest BCUT2D eigenvalue weighted by molar-refractivity contribution is 0.247. The van der Waals surface area contributed by atoms with Crippen LogP contribution in [0, 0.1) is 0 Å². The second-order valence-electron chi connectivity index (χ2n) is 6.08. The Bertz CT molecular complexity index is 417. The van der Waals surface area contributed by atoms with Crippen LogP contribution < -0.4 is 5.32 Å². The van der Waals surface area contributed by atoms with Crippen molar-refractivity contribution < 1.29 is 0 Å². The van der Waals surface area contributed by atoms with Gasteiger partial charge in [-0.2, -0.15) is 0 Å². The van der Waals surface area contributed by atoms with Crippen LogP contribution in [-0.2, 0) is 0 Å². The molecule has 0 aliphatic heterocycles. The van der Waals surface area contributed by atoms with Crippen LogP contribution in [0.5, 0.6) is 0 Å². The summed E-state index contributed by atoms with van der Waals surface area (Å²) in [5.41, 5.74) is 1.40. The molecule has 1 saturated carbocycles. The highest BCUT2D eigenvalue weighted by Gasteiger charge is 2.28. The smallest absolute Gasteiger partial charge is 0.0343 e. The summed E-state index contributed by atoms with van der Waals surface area (Å²) in [4.78, 5) is 2.69. The molecule has 1 aromatic rings. The fourth-order valence-electron chi connectivity index (χ4n) is 2.94. The Balaban J connectivity index is 1.97. The first-order chi connectivity index (χ1) is 10.3. The molecule has 1 unspecified atom stereocenters. The van der Waals surface area contributed by atoms with E-state index in [-0.39, 0.29) is 0 Å². The van der Waals surface area contributed by atoms with E-state index in [1.54, 1.807) is 0 Å². The maximum Gasteiger partial charge on any atom is 0.0343 e. The zero-order chi connectivity index (χ0) is 15.1. The van der Waals surface area contributed by atoms with Gasteiger partial charge in [0.2, 0.25) is 0 Å². The third-order valence-electron chi connectivity index (χ3n) is 4.20. The SMILES string of the molecule is CCCNC(CCN(CCC)C1CC1)c1ccccc1Br. The van der Waals surface area contributed by atoms with Crippen molar-refractivity contribution in [2.75, 3.05) is 19.6 Å². The summed E-state index contributed by atoms with van der Waals surface area (Å²) in [5, 5.41) is 3.73. The molecule has 1 N–H and O–H groups in total. The Hall–Kier alpha value is -0.380. The molecule has 118 valence electrons. The van der Waals surface area contributed by atoms with E-state index < -0.39 is 0 Å². The van der Waals surface area contributed by atoms with Gasteiger partial charge in [-0.3, -0.25) is 0 Å². The zero-order valence-corrected chi connectivity index (χ0v) is 15.0. The summed E-state index contributed by atoms with van der Waals surface area (Å²) in [7, 11) is 0. The quantitative estimate of drug-likeness (QED) is 0.653. The van der Waals surface area contributed by atoms with Crippen LogP contribution in [0.2, 0.25) is 0 Å². The first-order valence-corrected chi connectivity index (χ1v) is 9.27. The van der Waals surface area contributed by atoms with Crippen molar-refractivity contribution in [3.8, 4) is 0 Å². The standard InChI is InChI=1S/C18H29BrN2/c1-3-12-20-18(16-7-5-6-8-17(16)19)11-14-21(13-4-2)15-9-10-15/h5-8,15,18,20H,3-4,9-14H2,1-2H3. The topological polar surface area (TPSA) is 15.3 Å². The minimum atomic E-state index is 0.457. The summed E-state index contributed by atoms with van der Waals surface area (Å²) in [5.74, 6) is 0. The van der Waals surface area contributed by atoms with Gasteiger partial charge in [0.1, 0.15) is 0 Å². The summed E-state index contributed by atoms with van der Waals surface area (Å²) in [6.07, 6.45) is 6.45. The average Bonchev–Trinajstić information content (AvgIpc) is 3.32. The number of nitrogens with zero attached hydrogens (tertiary/aromatic N) is 1. The minimum Gasteiger partial charge on any atom is -0.310 e. The molecule has 1 aliphatic rings. The molecule has 1 aromatic carbocycles. The van der Waals surface area contributed by atoms with Crippen LogP contribution in [0.25, 0.3) is 0 Å². The van der Waals surface area contributed by atoms with E-state index in [0.29, 0.717) is 6.04 Å². The van der Waals surface area contributed by atoms with Crippen LogP contribution in [0.3, 0.4) is 0 Å². The molecule has 0 radical (unpaired) electrons. The molecule has 3 heteroatoms. The van der Waals surface area contributed by atoms with Crippen LogP contribution in [-0.4, -0.2) is 30.6 Å². The molecule has 1 atom stereocenters. The summed E-state index contributed by atoms with van der Waals surface area (Å²) < 4.78 is 1.23. The number of nitrogens with one attached hydrogen (secondary N) is 1. The van der Waals surface area contributed by atoms with E-state index in [4.69, 9.17) is 0 Å². The van der Waals surface area contributed by atoms with Crippen molar-refractivity contribution in [1.29, 1.82) is 0 Å². The Morgan fingerprint density at radius 1 is 1.19 bits per heavy atom. The summed E-state index contributed by atoms with van der Waals surface area (Å²) in [6.45, 7) is 8.07. The van der Waals surface area contributed by atoms with Crippen molar-refractivity contribution in [2.45, 2.75) is 58.0 Å². The van der Waals surface area contributed by atoms with Gasteiger partial charge in [0.25, 0.3) is 0 Å². The molecule has 0 amide bonds. The van der Waals surface area contributed by atoms with Crippen molar-refractivity contribution in [3.05, 3.63) is 34.3 Å². The highest BCUT2D eigenvalue weighted by molar-refractivity contribution is 9.10. The van der Waals surface area contributed by atoms with Gasteiger partial charge in [-0.25, -0.2) is 0 Å². The molecule has 0 spiro atoms. The van der Waals surface area contributed by atoms with Crippen LogP contribution in [0.4, 0.5) is 0 Å². The molecule has 2 nitrogen and oxygen atoms in total. The molecule has 0 bridgehead atoms. The Morgan fingerprint density at radius 3 is 2.57 bits per heavy atom. The van der Waals surface area contributed by atoms with Crippen LogP contribution in [0.15, 0.2) is 28.7 Å². The average molecular weight is 353 g/mol. The van der Waals surface area contributed by atoms with Crippen LogP contribution >= 0.6 is 15.9 Å². The summed E-state index contributed by atoms with van der Waals surface area (Å²) >= 11 is 3.71. The maximum atomic E-state index is 3.73. The molecule has 0 aromatic heterocycles. The maximum absolute atomic E-state index is 3.73. The van der Waals surface area contributed by atoms with Gasteiger partial charge < -0.3 is 10.2 Å². The molecule has 1 fully saturated rings. The fourth-order valence-corrected chi connectivity index (χ4v) is 3.50. The van der Waals surface area contributed by atoms with Crippen molar-refractivity contribution >= 4 is 15.9 Å². The van der Waals surface area contributed by atoms with Gasteiger partial charge >= 0.3 is 0 Å². The molecular formula is C18H29BrN2. The normalized spacial score (nSPS) is 16.4. The number of hydrogen-bond acceptors (Lipinski definition) is 2. The predicted molar refractivity (Wildman–Crippen MR) is 94.7 cm³/mol. The zero-order valence-electron chi connectivity index (χ0n) is 13.4. The van der Waals surface area contributed by atoms with Crippen LogP contribution in [0.1, 0.15) is 57.6 Å². The van der Waals surface area contributed by atoms with E-state index in [0.717, 1.165) is 12.6 Å². The third kappa shape index (κ3) is 5.39. The van der Waals surface area contributed by atoms with E-state index in [2.05, 4.69) is 64.3 Å². The largest absolute Gasteiger partial charge is 0.310 e. The lowest BCUT2D eigenvalue weighted by atomic mass is 10.0. The highest BCUT2D eigenvalue weighted by atomic mass is 79.9. The second kappa shape index (κ2) is 8.92. The van der Waals surface area contributed by atoms with E-state index in [9.17, 15) is 0 Å². The Kier molecular flexibility index (Phi) is 7.21. The lowest BCUT2D eigenvalue weighted by Crippen LogP contribution is -2.32. The van der Waals surface area contributed by atoms with Gasteiger partial charge in [0.15, 0.2) is 0 Å². The number of rotatable bonds is 10. The van der Waals surface area contributed by atoms with Crippen molar-refractivity contribution in [2.24, 2.45) is 0 Å². The molecule has 0 heterocycles. The molecule has 21 heavy (non-hydrogen) atoms. The van der Waals surface area contributed by atoms with Gasteiger partial charge in [-0.05, 0) is 56.8 Å². The Morgan fingerprint density at radius 2 is 1.95 bits per heavy atom. The first kappa shape index (κ1) is 17.0. The monoisotopic (exact) mass is 352 g/mol.